The number of nitrogens with one attached hydrogen (secondary N) is 3. The average Bonchev–Trinajstić information content (AvgIpc) is 2.89. The maximum Gasteiger partial charge on any atom is 0.414 e. The zero-order valence-corrected chi connectivity index (χ0v) is 25.0. The molecule has 1 aliphatic carbocycles. The van der Waals surface area contributed by atoms with Crippen molar-refractivity contribution in [3.8, 4) is 0 Å². The highest BCUT2D eigenvalue weighted by Crippen LogP contribution is 2.36. The number of alkyl halides is 3. The molecule has 1 aromatic heterocycles. The number of hydrogen-bond acceptors (Lipinski definition) is 8. The van der Waals surface area contributed by atoms with E-state index in [2.05, 4.69) is 25.3 Å². The van der Waals surface area contributed by atoms with Gasteiger partial charge in [0.25, 0.3) is 0 Å². The second-order valence-corrected chi connectivity index (χ2v) is 13.1. The van der Waals surface area contributed by atoms with Crippen LogP contribution in [-0.2, 0) is 14.8 Å². The number of aryl methyl sites for hydroxylation is 1. The van der Waals surface area contributed by atoms with Gasteiger partial charge in [0, 0.05) is 67.8 Å². The molecule has 1 amide bonds. The van der Waals surface area contributed by atoms with E-state index in [0.717, 1.165) is 6.08 Å². The Hall–Kier alpha value is -3.49. The highest BCUT2D eigenvalue weighted by atomic mass is 32.2. The van der Waals surface area contributed by atoms with Crippen molar-refractivity contribution in [3.05, 3.63) is 59.4 Å². The Kier molecular flexibility index (Phi) is 9.00. The molecule has 3 N–H and O–H groups in total. The summed E-state index contributed by atoms with van der Waals surface area (Å²) in [5.74, 6) is 0.362. The molecule has 42 heavy (non-hydrogen) atoms. The van der Waals surface area contributed by atoms with Crippen molar-refractivity contribution in [1.82, 2.24) is 24.5 Å². The highest BCUT2D eigenvalue weighted by molar-refractivity contribution is 7.89. The van der Waals surface area contributed by atoms with Gasteiger partial charge in [-0.15, -0.1) is 0 Å². The second kappa shape index (κ2) is 12.0. The highest BCUT2D eigenvalue weighted by Gasteiger charge is 2.42. The molecule has 0 bridgehead atoms. The molecule has 2 aromatic rings. The lowest BCUT2D eigenvalue weighted by Gasteiger charge is -2.41. The fraction of sp³-hybridized carbons (Fsp3) is 0.464. The molecule has 14 heteroatoms. The number of aromatic nitrogens is 2. The van der Waals surface area contributed by atoms with Gasteiger partial charge in [-0.25, -0.2) is 18.1 Å². The molecule has 0 radical (unpaired) electrons. The van der Waals surface area contributed by atoms with Gasteiger partial charge in [0.1, 0.15) is 5.82 Å². The predicted octanol–water partition coefficient (Wildman–Crippen LogP) is 4.33. The third kappa shape index (κ3) is 7.86. The first-order valence-electron chi connectivity index (χ1n) is 13.5. The van der Waals surface area contributed by atoms with Crippen molar-refractivity contribution in [2.24, 2.45) is 0 Å². The second-order valence-electron chi connectivity index (χ2n) is 11.4. The molecule has 2 aliphatic rings. The van der Waals surface area contributed by atoms with Gasteiger partial charge in [-0.3, -0.25) is 9.69 Å². The van der Waals surface area contributed by atoms with Crippen LogP contribution in [0.3, 0.4) is 0 Å². The Bertz CT molecular complexity index is 1490. The quantitative estimate of drug-likeness (QED) is 0.426. The van der Waals surface area contributed by atoms with E-state index in [9.17, 15) is 26.4 Å². The molecule has 0 saturated carbocycles. The molecule has 1 atom stereocenters. The zero-order valence-electron chi connectivity index (χ0n) is 24.2. The van der Waals surface area contributed by atoms with Crippen LogP contribution in [0.25, 0.3) is 0 Å². The van der Waals surface area contributed by atoms with E-state index in [1.54, 1.807) is 55.7 Å². The summed E-state index contributed by atoms with van der Waals surface area (Å²) in [5.41, 5.74) is -0.00251. The van der Waals surface area contributed by atoms with E-state index < -0.39 is 33.4 Å². The Labute approximate surface area is 244 Å². The number of nitrogens with zero attached hydrogens (tertiary/aromatic N) is 4. The van der Waals surface area contributed by atoms with Gasteiger partial charge in [-0.2, -0.15) is 18.2 Å². The number of sulfonamides is 1. The van der Waals surface area contributed by atoms with Gasteiger partial charge < -0.3 is 15.5 Å². The maximum atomic E-state index is 14.1. The van der Waals surface area contributed by atoms with Crippen LogP contribution in [0.5, 0.6) is 0 Å². The van der Waals surface area contributed by atoms with Crippen LogP contribution in [-0.4, -0.2) is 78.0 Å². The molecule has 1 saturated heterocycles. The number of carbonyl (C=O) groups is 1. The maximum absolute atomic E-state index is 14.1. The number of amides is 1. The van der Waals surface area contributed by atoms with Crippen LogP contribution in [0.15, 0.2) is 58.8 Å². The number of anilines is 3. The monoisotopic (exact) mass is 607 g/mol. The minimum absolute atomic E-state index is 0.0712. The van der Waals surface area contributed by atoms with Crippen molar-refractivity contribution in [1.29, 1.82) is 0 Å². The van der Waals surface area contributed by atoms with Crippen LogP contribution in [0.2, 0.25) is 0 Å². The van der Waals surface area contributed by atoms with E-state index in [1.807, 2.05) is 0 Å². The number of rotatable bonds is 7. The summed E-state index contributed by atoms with van der Waals surface area (Å²) in [5, 5.41) is 5.98. The summed E-state index contributed by atoms with van der Waals surface area (Å²) in [6.07, 6.45) is -0.122. The van der Waals surface area contributed by atoms with Gasteiger partial charge in [0.2, 0.25) is 21.9 Å². The number of halogens is 3. The molecule has 1 fully saturated rings. The molecule has 1 unspecified atom stereocenters. The fourth-order valence-corrected chi connectivity index (χ4v) is 6.30. The van der Waals surface area contributed by atoms with Crippen LogP contribution in [0, 0.1) is 6.92 Å². The number of hydrogen-bond donors (Lipinski definition) is 3. The van der Waals surface area contributed by atoms with Gasteiger partial charge in [0.15, 0.2) is 0 Å². The van der Waals surface area contributed by atoms with Crippen molar-refractivity contribution in [2.45, 2.75) is 63.7 Å². The van der Waals surface area contributed by atoms with E-state index >= 15 is 0 Å². The molecule has 1 aromatic carbocycles. The number of allylic oxidation sites excluding steroid dienone is 1. The topological polar surface area (TPSA) is 120 Å². The molecule has 2 heterocycles. The number of piperazine rings is 1. The number of benzene rings is 1. The molecule has 228 valence electrons. The van der Waals surface area contributed by atoms with Gasteiger partial charge in [0.05, 0.1) is 10.5 Å². The Balaban J connectivity index is 1.51. The molecule has 0 spiro atoms. The first-order valence-corrected chi connectivity index (χ1v) is 15.0. The first kappa shape index (κ1) is 31.4. The Morgan fingerprint density at radius 1 is 1.07 bits per heavy atom. The summed E-state index contributed by atoms with van der Waals surface area (Å²) in [6, 6.07) is 5.39. The largest absolute Gasteiger partial charge is 0.414 e. The summed E-state index contributed by atoms with van der Waals surface area (Å²) in [7, 11) is -3.77. The lowest BCUT2D eigenvalue weighted by molar-refractivity contribution is -0.131. The minimum atomic E-state index is -4.54. The van der Waals surface area contributed by atoms with E-state index in [-0.39, 0.29) is 28.9 Å². The zero-order chi connectivity index (χ0) is 30.9. The molecular formula is C28H36F3N7O3S. The van der Waals surface area contributed by atoms with E-state index in [1.165, 1.54) is 25.3 Å². The van der Waals surface area contributed by atoms with Crippen LogP contribution in [0.4, 0.5) is 30.6 Å². The molecular weight excluding hydrogens is 571 g/mol. The average molecular weight is 608 g/mol. The lowest BCUT2D eigenvalue weighted by atomic mass is 9.94. The van der Waals surface area contributed by atoms with Crippen molar-refractivity contribution in [3.63, 3.8) is 0 Å². The third-order valence-electron chi connectivity index (χ3n) is 6.83. The van der Waals surface area contributed by atoms with Crippen molar-refractivity contribution < 1.29 is 26.4 Å². The van der Waals surface area contributed by atoms with Crippen molar-refractivity contribution in [2.75, 3.05) is 36.8 Å². The van der Waals surface area contributed by atoms with Crippen LogP contribution in [0.1, 0.15) is 39.7 Å². The predicted molar refractivity (Wildman–Crippen MR) is 155 cm³/mol. The summed E-state index contributed by atoms with van der Waals surface area (Å²) >= 11 is 0. The third-order valence-corrected chi connectivity index (χ3v) is 8.59. The summed E-state index contributed by atoms with van der Waals surface area (Å²) < 4.78 is 70.5. The molecule has 10 nitrogen and oxygen atoms in total. The van der Waals surface area contributed by atoms with E-state index in [4.69, 9.17) is 0 Å². The molecule has 1 aliphatic heterocycles. The Morgan fingerprint density at radius 2 is 1.76 bits per heavy atom. The lowest BCUT2D eigenvalue weighted by Crippen LogP contribution is -2.53. The summed E-state index contributed by atoms with van der Waals surface area (Å²) in [4.78, 5) is 23.8. The standard InChI is InChI=1S/C28H36F3N7O3S/c1-18-17-32-26(35-25(18)33-20-7-6-8-22(15-20)42(40,41)36-27(3,4)5)34-21-9-10-24(23(16-21)28(29,30)31)38-13-11-37(12-14-38)19(2)39/h6-9,15-17,24,36H,10-14H2,1-5H3,(H2,32,33,34,35). The molecule has 4 rings (SSSR count). The number of carbonyl (C=O) groups excluding carboxylic acids is 1. The van der Waals surface area contributed by atoms with Gasteiger partial charge >= 0.3 is 6.18 Å². The first-order chi connectivity index (χ1) is 19.5. The Morgan fingerprint density at radius 3 is 2.38 bits per heavy atom. The van der Waals surface area contributed by atoms with Gasteiger partial charge in [-0.1, -0.05) is 12.1 Å². The smallest absolute Gasteiger partial charge is 0.340 e. The normalized spacial score (nSPS) is 18.8. The van der Waals surface area contributed by atoms with E-state index in [0.29, 0.717) is 43.2 Å². The minimum Gasteiger partial charge on any atom is -0.340 e. The van der Waals surface area contributed by atoms with Crippen LogP contribution >= 0.6 is 0 Å². The van der Waals surface area contributed by atoms with Crippen LogP contribution < -0.4 is 15.4 Å². The summed E-state index contributed by atoms with van der Waals surface area (Å²) in [6.45, 7) is 9.95. The van der Waals surface area contributed by atoms with Gasteiger partial charge in [-0.05, 0) is 58.4 Å². The van der Waals surface area contributed by atoms with Crippen molar-refractivity contribution >= 4 is 33.4 Å². The fourth-order valence-electron chi connectivity index (χ4n) is 4.84. The SMILES string of the molecule is CC(=O)N1CCN(C2CC=C(Nc3ncc(C)c(Nc4cccc(S(=O)(=O)NC(C)(C)C)c4)n3)C=C2C(F)(F)F)CC1.